The van der Waals surface area contributed by atoms with Gasteiger partial charge in [-0.25, -0.2) is 4.79 Å². The van der Waals surface area contributed by atoms with Crippen molar-refractivity contribution < 1.29 is 9.53 Å². The third kappa shape index (κ3) is 3.39. The Labute approximate surface area is 136 Å². The number of nitrogens with zero attached hydrogens (tertiary/aromatic N) is 1. The molecule has 2 amide bonds. The van der Waals surface area contributed by atoms with Crippen LogP contribution in [-0.2, 0) is 4.74 Å². The van der Waals surface area contributed by atoms with Gasteiger partial charge >= 0.3 is 6.03 Å². The van der Waals surface area contributed by atoms with E-state index in [1.807, 2.05) is 30.0 Å². The molecule has 0 unspecified atom stereocenters. The smallest absolute Gasteiger partial charge is 0.321 e. The highest BCUT2D eigenvalue weighted by Crippen LogP contribution is 2.40. The van der Waals surface area contributed by atoms with Crippen LogP contribution in [0.2, 0.25) is 5.02 Å². The molecule has 0 aliphatic carbocycles. The molecule has 2 aliphatic heterocycles. The Morgan fingerprint density at radius 3 is 2.59 bits per heavy atom. The minimum atomic E-state index is -0.0468. The first-order valence-electron chi connectivity index (χ1n) is 7.98. The minimum absolute atomic E-state index is 0.0468. The second-order valence-electron chi connectivity index (χ2n) is 6.51. The largest absolute Gasteiger partial charge is 0.381 e. The van der Waals surface area contributed by atoms with Gasteiger partial charge in [0.2, 0.25) is 0 Å². The van der Waals surface area contributed by atoms with Crippen LogP contribution in [0, 0.1) is 12.3 Å². The van der Waals surface area contributed by atoms with Crippen molar-refractivity contribution in [3.8, 4) is 0 Å². The summed E-state index contributed by atoms with van der Waals surface area (Å²) in [4.78, 5) is 14.3. The number of anilines is 1. The third-order valence-electron chi connectivity index (χ3n) is 5.03. The van der Waals surface area contributed by atoms with Crippen LogP contribution >= 0.6 is 11.6 Å². The van der Waals surface area contributed by atoms with Crippen molar-refractivity contribution in [3.05, 3.63) is 28.8 Å². The van der Waals surface area contributed by atoms with Crippen molar-refractivity contribution in [1.82, 2.24) is 4.90 Å². The lowest BCUT2D eigenvalue weighted by Crippen LogP contribution is -2.46. The molecule has 120 valence electrons. The first-order chi connectivity index (χ1) is 10.6. The molecule has 5 heteroatoms. The number of ether oxygens (including phenoxy) is 1. The number of carbonyl (C=O) groups excluding carboxylic acids is 1. The topological polar surface area (TPSA) is 41.6 Å². The van der Waals surface area contributed by atoms with Crippen molar-refractivity contribution in [2.45, 2.75) is 32.6 Å². The van der Waals surface area contributed by atoms with Gasteiger partial charge in [-0.15, -0.1) is 0 Å². The average molecular weight is 323 g/mol. The summed E-state index contributed by atoms with van der Waals surface area (Å²) in [6.07, 6.45) is 4.41. The number of hydrogen-bond acceptors (Lipinski definition) is 2. The van der Waals surface area contributed by atoms with E-state index in [0.29, 0.717) is 16.1 Å². The van der Waals surface area contributed by atoms with E-state index in [9.17, 15) is 4.79 Å². The highest BCUT2D eigenvalue weighted by Gasteiger charge is 2.37. The Morgan fingerprint density at radius 2 is 1.91 bits per heavy atom. The molecule has 4 nitrogen and oxygen atoms in total. The van der Waals surface area contributed by atoms with E-state index in [0.717, 1.165) is 57.6 Å². The molecule has 2 saturated heterocycles. The van der Waals surface area contributed by atoms with E-state index in [1.54, 1.807) is 0 Å². The van der Waals surface area contributed by atoms with Gasteiger partial charge < -0.3 is 15.0 Å². The predicted octanol–water partition coefficient (Wildman–Crippen LogP) is 4.07. The van der Waals surface area contributed by atoms with E-state index in [-0.39, 0.29) is 6.03 Å². The summed E-state index contributed by atoms with van der Waals surface area (Å²) in [5, 5.41) is 3.52. The number of hydrogen-bond donors (Lipinski definition) is 1. The normalized spacial score (nSPS) is 20.9. The van der Waals surface area contributed by atoms with Crippen molar-refractivity contribution in [3.63, 3.8) is 0 Å². The molecule has 0 saturated carbocycles. The number of carbonyl (C=O) groups is 1. The number of rotatable bonds is 1. The third-order valence-corrected chi connectivity index (χ3v) is 5.36. The number of piperidine rings is 1. The molecule has 2 heterocycles. The quantitative estimate of drug-likeness (QED) is 0.846. The van der Waals surface area contributed by atoms with E-state index in [4.69, 9.17) is 16.3 Å². The molecule has 1 aromatic rings. The van der Waals surface area contributed by atoms with Crippen LogP contribution in [0.3, 0.4) is 0 Å². The van der Waals surface area contributed by atoms with Crippen molar-refractivity contribution in [1.29, 1.82) is 0 Å². The van der Waals surface area contributed by atoms with Crippen LogP contribution in [0.15, 0.2) is 18.2 Å². The molecule has 0 atom stereocenters. The molecule has 3 rings (SSSR count). The van der Waals surface area contributed by atoms with Gasteiger partial charge in [0.15, 0.2) is 0 Å². The van der Waals surface area contributed by atoms with Gasteiger partial charge in [0.05, 0.1) is 10.7 Å². The number of amides is 2. The van der Waals surface area contributed by atoms with Crippen LogP contribution in [0.5, 0.6) is 0 Å². The van der Waals surface area contributed by atoms with Crippen LogP contribution in [0.1, 0.15) is 31.2 Å². The lowest BCUT2D eigenvalue weighted by atomic mass is 9.72. The summed E-state index contributed by atoms with van der Waals surface area (Å²) in [6.45, 7) is 5.35. The summed E-state index contributed by atoms with van der Waals surface area (Å²) >= 11 is 6.15. The molecule has 2 aliphatic rings. The second kappa shape index (κ2) is 6.47. The maximum absolute atomic E-state index is 12.4. The molecule has 2 fully saturated rings. The Kier molecular flexibility index (Phi) is 4.59. The van der Waals surface area contributed by atoms with E-state index >= 15 is 0 Å². The number of benzene rings is 1. The summed E-state index contributed by atoms with van der Waals surface area (Å²) in [6, 6.07) is 5.62. The average Bonchev–Trinajstić information content (AvgIpc) is 2.52. The van der Waals surface area contributed by atoms with Gasteiger partial charge in [0.1, 0.15) is 0 Å². The summed E-state index contributed by atoms with van der Waals surface area (Å²) in [7, 11) is 0. The molecule has 0 bridgehead atoms. The van der Waals surface area contributed by atoms with Crippen molar-refractivity contribution in [2.75, 3.05) is 31.6 Å². The van der Waals surface area contributed by atoms with Gasteiger partial charge in [0.25, 0.3) is 0 Å². The lowest BCUT2D eigenvalue weighted by Gasteiger charge is -2.44. The first-order valence-corrected chi connectivity index (χ1v) is 8.36. The van der Waals surface area contributed by atoms with Crippen molar-refractivity contribution in [2.24, 2.45) is 5.41 Å². The summed E-state index contributed by atoms with van der Waals surface area (Å²) in [5.74, 6) is 0. The monoisotopic (exact) mass is 322 g/mol. The van der Waals surface area contributed by atoms with E-state index in [1.165, 1.54) is 0 Å². The minimum Gasteiger partial charge on any atom is -0.381 e. The van der Waals surface area contributed by atoms with E-state index < -0.39 is 0 Å². The Bertz CT molecular complexity index is 546. The fourth-order valence-corrected chi connectivity index (χ4v) is 3.58. The zero-order valence-electron chi connectivity index (χ0n) is 13.0. The number of urea groups is 1. The molecule has 22 heavy (non-hydrogen) atoms. The van der Waals surface area contributed by atoms with Gasteiger partial charge in [-0.1, -0.05) is 17.7 Å². The number of halogens is 1. The van der Waals surface area contributed by atoms with Crippen LogP contribution in [0.4, 0.5) is 10.5 Å². The van der Waals surface area contributed by atoms with Crippen LogP contribution in [0.25, 0.3) is 0 Å². The van der Waals surface area contributed by atoms with E-state index in [2.05, 4.69) is 5.32 Å². The highest BCUT2D eigenvalue weighted by molar-refractivity contribution is 6.33. The molecule has 1 spiro atoms. The zero-order valence-corrected chi connectivity index (χ0v) is 13.8. The second-order valence-corrected chi connectivity index (χ2v) is 6.92. The molecular formula is C17H23ClN2O2. The highest BCUT2D eigenvalue weighted by atomic mass is 35.5. The lowest BCUT2D eigenvalue weighted by molar-refractivity contribution is -0.0138. The van der Waals surface area contributed by atoms with Gasteiger partial charge in [0, 0.05) is 26.3 Å². The fraction of sp³-hybridized carbons (Fsp3) is 0.588. The molecular weight excluding hydrogens is 300 g/mol. The van der Waals surface area contributed by atoms with Gasteiger partial charge in [-0.2, -0.15) is 0 Å². The Hall–Kier alpha value is -1.26. The Balaban J connectivity index is 1.59. The molecule has 0 aromatic heterocycles. The van der Waals surface area contributed by atoms with Crippen molar-refractivity contribution >= 4 is 23.3 Å². The number of likely N-dealkylation sites (tertiary alicyclic amines) is 1. The van der Waals surface area contributed by atoms with Crippen LogP contribution in [-0.4, -0.2) is 37.2 Å². The van der Waals surface area contributed by atoms with Crippen LogP contribution < -0.4 is 5.32 Å². The molecule has 0 radical (unpaired) electrons. The predicted molar refractivity (Wildman–Crippen MR) is 88.5 cm³/mol. The fourth-order valence-electron chi connectivity index (χ4n) is 3.42. The van der Waals surface area contributed by atoms with Gasteiger partial charge in [-0.05, 0) is 55.7 Å². The Morgan fingerprint density at radius 1 is 1.23 bits per heavy atom. The standard InChI is InChI=1S/C17H23ClN2O2/c1-13-2-3-14(18)15(12-13)19-16(21)20-8-4-17(5-9-20)6-10-22-11-7-17/h2-3,12H,4-11H2,1H3,(H,19,21). The number of nitrogens with one attached hydrogen (secondary N) is 1. The number of aryl methyl sites for hydroxylation is 1. The summed E-state index contributed by atoms with van der Waals surface area (Å²) < 4.78 is 5.47. The van der Waals surface area contributed by atoms with Gasteiger partial charge in [-0.3, -0.25) is 0 Å². The zero-order chi connectivity index (χ0) is 15.6. The maximum atomic E-state index is 12.4. The first kappa shape index (κ1) is 15.6. The molecule has 1 aromatic carbocycles. The maximum Gasteiger partial charge on any atom is 0.321 e. The SMILES string of the molecule is Cc1ccc(Cl)c(NC(=O)N2CCC3(CCOCC3)CC2)c1. The molecule has 1 N–H and O–H groups in total. The summed E-state index contributed by atoms with van der Waals surface area (Å²) in [5.41, 5.74) is 2.17.